The number of nitrogens with zero attached hydrogens (tertiary/aromatic N) is 2. The van der Waals surface area contributed by atoms with Crippen molar-refractivity contribution in [1.82, 2.24) is 9.88 Å². The normalized spacial score (nSPS) is 13.7. The Balaban J connectivity index is 1.58. The third-order valence-electron chi connectivity index (χ3n) is 5.84. The number of esters is 1. The second kappa shape index (κ2) is 14.3. The zero-order chi connectivity index (χ0) is 29.2. The molecule has 2 aromatic carbocycles. The summed E-state index contributed by atoms with van der Waals surface area (Å²) < 4.78 is 62.1. The molecular weight excluding hydrogens is 557 g/mol. The summed E-state index contributed by atoms with van der Waals surface area (Å²) >= 11 is 1.39. The Morgan fingerprint density at radius 2 is 1.93 bits per heavy atom. The Hall–Kier alpha value is -3.72. The molecule has 2 heterocycles. The number of aryl methyl sites for hydroxylation is 1. The first-order valence-corrected chi connectivity index (χ1v) is 13.7. The number of carbonyl (C=O) groups excluding carboxylic acids is 1. The molecular formula is C30H29F3N2O5S. The van der Waals surface area contributed by atoms with Crippen molar-refractivity contribution >= 4 is 17.7 Å². The van der Waals surface area contributed by atoms with Crippen molar-refractivity contribution in [3.63, 3.8) is 0 Å². The second-order valence-electron chi connectivity index (χ2n) is 8.96. The van der Waals surface area contributed by atoms with Gasteiger partial charge in [0.25, 0.3) is 0 Å². The Morgan fingerprint density at radius 1 is 1.12 bits per heavy atom. The summed E-state index contributed by atoms with van der Waals surface area (Å²) in [7, 11) is 0. The van der Waals surface area contributed by atoms with Gasteiger partial charge in [0.15, 0.2) is 6.61 Å². The van der Waals surface area contributed by atoms with E-state index in [2.05, 4.69) is 21.7 Å². The van der Waals surface area contributed by atoms with Gasteiger partial charge in [-0.1, -0.05) is 23.6 Å². The molecule has 0 spiro atoms. The average Bonchev–Trinajstić information content (AvgIpc) is 2.93. The van der Waals surface area contributed by atoms with Crippen molar-refractivity contribution in [2.24, 2.45) is 0 Å². The Labute approximate surface area is 240 Å². The molecule has 0 amide bonds. The lowest BCUT2D eigenvalue weighted by Crippen LogP contribution is -2.36. The lowest BCUT2D eigenvalue weighted by atomic mass is 10.2. The van der Waals surface area contributed by atoms with Crippen molar-refractivity contribution < 1.29 is 36.9 Å². The van der Waals surface area contributed by atoms with Gasteiger partial charge in [-0.2, -0.15) is 13.2 Å². The third kappa shape index (κ3) is 9.14. The van der Waals surface area contributed by atoms with Gasteiger partial charge in [-0.05, 0) is 67.9 Å². The van der Waals surface area contributed by atoms with Gasteiger partial charge in [-0.3, -0.25) is 4.90 Å². The highest BCUT2D eigenvalue weighted by Gasteiger charge is 2.35. The van der Waals surface area contributed by atoms with Gasteiger partial charge >= 0.3 is 12.1 Å². The van der Waals surface area contributed by atoms with Crippen molar-refractivity contribution in [2.75, 3.05) is 46.1 Å². The first-order valence-electron chi connectivity index (χ1n) is 12.9. The van der Waals surface area contributed by atoms with E-state index in [1.807, 2.05) is 25.1 Å². The van der Waals surface area contributed by atoms with Crippen LogP contribution in [0.25, 0.3) is 0 Å². The van der Waals surface area contributed by atoms with Crippen LogP contribution in [0.3, 0.4) is 0 Å². The van der Waals surface area contributed by atoms with Crippen LogP contribution in [0, 0.1) is 18.8 Å². The molecule has 0 atom stereocenters. The highest BCUT2D eigenvalue weighted by atomic mass is 32.2. The van der Waals surface area contributed by atoms with Gasteiger partial charge < -0.3 is 18.9 Å². The highest BCUT2D eigenvalue weighted by Crippen LogP contribution is 2.38. The number of ether oxygens (including phenoxy) is 4. The van der Waals surface area contributed by atoms with Gasteiger partial charge in [-0.25, -0.2) is 9.78 Å². The maximum absolute atomic E-state index is 13.6. The molecule has 7 nitrogen and oxygen atoms in total. The molecule has 1 aliphatic heterocycles. The number of rotatable bonds is 9. The molecule has 0 radical (unpaired) electrons. The summed E-state index contributed by atoms with van der Waals surface area (Å²) in [5, 5.41) is 0. The van der Waals surface area contributed by atoms with E-state index >= 15 is 0 Å². The van der Waals surface area contributed by atoms with Crippen molar-refractivity contribution in [2.45, 2.75) is 29.8 Å². The fraction of sp³-hybridized carbons (Fsp3) is 0.333. The third-order valence-corrected chi connectivity index (χ3v) is 6.80. The number of carbonyl (C=O) groups is 1. The molecule has 1 aromatic heterocycles. The molecule has 1 fully saturated rings. The smallest absolute Gasteiger partial charge is 0.421 e. The molecule has 216 valence electrons. The van der Waals surface area contributed by atoms with Crippen LogP contribution in [-0.4, -0.2) is 61.9 Å². The number of hydrogen-bond donors (Lipinski definition) is 0. The van der Waals surface area contributed by atoms with E-state index in [9.17, 15) is 18.0 Å². The van der Waals surface area contributed by atoms with E-state index in [0.717, 1.165) is 29.6 Å². The Morgan fingerprint density at radius 3 is 2.66 bits per heavy atom. The lowest BCUT2D eigenvalue weighted by molar-refractivity contribution is -0.145. The Bertz CT molecular complexity index is 1420. The van der Waals surface area contributed by atoms with Crippen LogP contribution in [0.4, 0.5) is 13.2 Å². The summed E-state index contributed by atoms with van der Waals surface area (Å²) in [6.07, 6.45) is -3.37. The average molecular weight is 587 g/mol. The van der Waals surface area contributed by atoms with E-state index in [1.54, 1.807) is 25.1 Å². The number of alkyl halides is 3. The number of benzene rings is 2. The fourth-order valence-corrected chi connectivity index (χ4v) is 4.90. The summed E-state index contributed by atoms with van der Waals surface area (Å²) in [4.78, 5) is 19.2. The zero-order valence-corrected chi connectivity index (χ0v) is 23.4. The lowest BCUT2D eigenvalue weighted by Gasteiger charge is -2.24. The summed E-state index contributed by atoms with van der Waals surface area (Å²) in [5.74, 6) is 6.00. The van der Waals surface area contributed by atoms with Crippen LogP contribution in [0.5, 0.6) is 17.4 Å². The van der Waals surface area contributed by atoms with Gasteiger partial charge in [-0.15, -0.1) is 0 Å². The molecule has 1 saturated heterocycles. The van der Waals surface area contributed by atoms with E-state index in [-0.39, 0.29) is 19.0 Å². The maximum atomic E-state index is 13.6. The van der Waals surface area contributed by atoms with Crippen LogP contribution in [0.15, 0.2) is 64.5 Å². The van der Waals surface area contributed by atoms with E-state index in [0.29, 0.717) is 36.0 Å². The predicted octanol–water partition coefficient (Wildman–Crippen LogP) is 5.98. The monoisotopic (exact) mass is 586 g/mol. The fourth-order valence-electron chi connectivity index (χ4n) is 3.90. The largest absolute Gasteiger partial charge is 0.482 e. The highest BCUT2D eigenvalue weighted by molar-refractivity contribution is 7.99. The number of hydrogen-bond acceptors (Lipinski definition) is 8. The molecule has 1 aliphatic rings. The number of aromatic nitrogens is 1. The van der Waals surface area contributed by atoms with E-state index in [4.69, 9.17) is 18.9 Å². The molecule has 0 bridgehead atoms. The minimum atomic E-state index is -4.62. The molecule has 0 saturated carbocycles. The summed E-state index contributed by atoms with van der Waals surface area (Å²) in [6, 6.07) is 12.7. The molecule has 41 heavy (non-hydrogen) atoms. The van der Waals surface area contributed by atoms with Crippen LogP contribution in [0.2, 0.25) is 0 Å². The molecule has 0 unspecified atom stereocenters. The van der Waals surface area contributed by atoms with Crippen LogP contribution in [0.1, 0.15) is 23.6 Å². The van der Waals surface area contributed by atoms with Crippen LogP contribution in [-0.2, 0) is 20.4 Å². The van der Waals surface area contributed by atoms with Gasteiger partial charge in [0, 0.05) is 34.6 Å². The first-order chi connectivity index (χ1) is 19.7. The molecule has 0 N–H and O–H groups in total. The zero-order valence-electron chi connectivity index (χ0n) is 22.6. The topological polar surface area (TPSA) is 70.1 Å². The minimum absolute atomic E-state index is 0.181. The molecule has 0 aliphatic carbocycles. The molecule has 3 aromatic rings. The van der Waals surface area contributed by atoms with Gasteiger partial charge in [0.1, 0.15) is 17.1 Å². The maximum Gasteiger partial charge on any atom is 0.421 e. The minimum Gasteiger partial charge on any atom is -0.482 e. The number of pyridine rings is 1. The molecule has 4 rings (SSSR count). The first kappa shape index (κ1) is 30.2. The summed E-state index contributed by atoms with van der Waals surface area (Å²) in [5.41, 5.74) is 0.432. The summed E-state index contributed by atoms with van der Waals surface area (Å²) in [6.45, 7) is 7.09. The number of morpholine rings is 1. The van der Waals surface area contributed by atoms with Crippen molar-refractivity contribution in [3.8, 4) is 29.2 Å². The number of halogens is 3. The SMILES string of the molecule is CCOC(=O)COc1ccc(Sc2cc(C#CCN3CCOCC3)cc(Oc3ncccc3C(F)(F)F)c2)cc1C. The van der Waals surface area contributed by atoms with E-state index < -0.39 is 23.6 Å². The van der Waals surface area contributed by atoms with Crippen LogP contribution < -0.4 is 9.47 Å². The van der Waals surface area contributed by atoms with Gasteiger partial charge in [0.2, 0.25) is 5.88 Å². The van der Waals surface area contributed by atoms with E-state index in [1.165, 1.54) is 24.0 Å². The predicted molar refractivity (Wildman–Crippen MR) is 147 cm³/mol. The van der Waals surface area contributed by atoms with Gasteiger partial charge in [0.05, 0.1) is 26.4 Å². The van der Waals surface area contributed by atoms with Crippen molar-refractivity contribution in [3.05, 3.63) is 71.4 Å². The standard InChI is InChI=1S/C30H29F3N2O5S/c1-3-38-28(36)20-39-27-9-8-24(16-21(27)2)41-25-18-22(6-5-11-35-12-14-37-15-13-35)17-23(19-25)40-29-26(30(31,32)33)7-4-10-34-29/h4,7-10,16-19H,3,11-15,20H2,1-2H3. The quantitative estimate of drug-likeness (QED) is 0.224. The van der Waals surface area contributed by atoms with Crippen LogP contribution >= 0.6 is 11.8 Å². The van der Waals surface area contributed by atoms with Crippen molar-refractivity contribution in [1.29, 1.82) is 0 Å². The molecule has 11 heteroatoms. The second-order valence-corrected chi connectivity index (χ2v) is 10.1. The Kier molecular flexibility index (Phi) is 10.5.